The maximum atomic E-state index is 13.4. The number of carbonyl (C=O) groups is 1. The highest BCUT2D eigenvalue weighted by atomic mass is 16.5. The summed E-state index contributed by atoms with van der Waals surface area (Å²) in [6, 6.07) is 20.0. The minimum Gasteiger partial charge on any atom is -0.385 e. The number of nitrogens with zero attached hydrogens (tertiary/aromatic N) is 2. The molecule has 0 bridgehead atoms. The van der Waals surface area contributed by atoms with Crippen molar-refractivity contribution >= 4 is 11.8 Å². The van der Waals surface area contributed by atoms with E-state index in [0.29, 0.717) is 38.5 Å². The fourth-order valence-electron chi connectivity index (χ4n) is 5.00. The molecule has 3 aromatic rings. The van der Waals surface area contributed by atoms with Gasteiger partial charge in [0.25, 0.3) is 0 Å². The van der Waals surface area contributed by atoms with E-state index in [1.165, 1.54) is 5.56 Å². The van der Waals surface area contributed by atoms with E-state index in [0.717, 1.165) is 23.5 Å². The van der Waals surface area contributed by atoms with Crippen molar-refractivity contribution in [3.8, 4) is 5.69 Å². The predicted molar refractivity (Wildman–Crippen MR) is 128 cm³/mol. The number of aromatic nitrogens is 2. The minimum absolute atomic E-state index is 0.144. The van der Waals surface area contributed by atoms with Gasteiger partial charge in [-0.1, -0.05) is 48.5 Å². The Hall–Kier alpha value is -3.20. The third-order valence-corrected chi connectivity index (χ3v) is 6.67. The van der Waals surface area contributed by atoms with Crippen molar-refractivity contribution in [2.75, 3.05) is 32.1 Å². The monoisotopic (exact) mass is 446 g/mol. The second kappa shape index (κ2) is 9.35. The summed E-state index contributed by atoms with van der Waals surface area (Å²) < 4.78 is 7.24. The van der Waals surface area contributed by atoms with Crippen LogP contribution < -0.4 is 21.3 Å². The molecule has 0 saturated carbocycles. The van der Waals surface area contributed by atoms with Crippen LogP contribution in [0.3, 0.4) is 0 Å². The molecule has 1 saturated heterocycles. The first-order valence-corrected chi connectivity index (χ1v) is 11.4. The summed E-state index contributed by atoms with van der Waals surface area (Å²) in [5.74, 6) is 0.855. The number of benzene rings is 2. The van der Waals surface area contributed by atoms with E-state index in [-0.39, 0.29) is 11.9 Å². The van der Waals surface area contributed by atoms with Crippen LogP contribution in [0.2, 0.25) is 0 Å². The van der Waals surface area contributed by atoms with Crippen LogP contribution in [0.4, 0.5) is 10.6 Å². The van der Waals surface area contributed by atoms with Gasteiger partial charge in [-0.15, -0.1) is 0 Å². The third-order valence-electron chi connectivity index (χ3n) is 6.67. The lowest BCUT2D eigenvalue weighted by molar-refractivity contribution is 0.155. The van der Waals surface area contributed by atoms with Gasteiger partial charge in [0.2, 0.25) is 0 Å². The van der Waals surface area contributed by atoms with Crippen LogP contribution in [-0.4, -0.2) is 48.2 Å². The average molecular weight is 447 g/mol. The predicted octanol–water partition coefficient (Wildman–Crippen LogP) is 2.76. The van der Waals surface area contributed by atoms with Gasteiger partial charge in [0, 0.05) is 51.4 Å². The number of rotatable bonds is 7. The fraction of sp³-hybridized carbons (Fsp3) is 0.360. The number of amides is 2. The molecule has 2 aliphatic heterocycles. The van der Waals surface area contributed by atoms with E-state index < -0.39 is 5.54 Å². The van der Waals surface area contributed by atoms with Crippen molar-refractivity contribution in [1.29, 1.82) is 0 Å². The summed E-state index contributed by atoms with van der Waals surface area (Å²) in [5, 5.41) is 18.0. The highest BCUT2D eigenvalue weighted by Crippen LogP contribution is 2.35. The zero-order valence-corrected chi connectivity index (χ0v) is 18.8. The van der Waals surface area contributed by atoms with Gasteiger partial charge >= 0.3 is 6.03 Å². The molecule has 5 rings (SSSR count). The largest absolute Gasteiger partial charge is 0.385 e. The van der Waals surface area contributed by atoms with Gasteiger partial charge in [-0.05, 0) is 24.1 Å². The smallest absolute Gasteiger partial charge is 0.320 e. The zero-order valence-electron chi connectivity index (χ0n) is 18.8. The van der Waals surface area contributed by atoms with E-state index in [1.807, 2.05) is 53.2 Å². The molecule has 172 valence electrons. The number of hydrogen-bond acceptors (Lipinski definition) is 5. The van der Waals surface area contributed by atoms with Gasteiger partial charge in [0.1, 0.15) is 5.82 Å². The molecule has 8 nitrogen and oxygen atoms in total. The summed E-state index contributed by atoms with van der Waals surface area (Å²) in [6.07, 6.45) is 0.709. The lowest BCUT2D eigenvalue weighted by Crippen LogP contribution is -2.55. The van der Waals surface area contributed by atoms with E-state index in [9.17, 15) is 4.79 Å². The van der Waals surface area contributed by atoms with Gasteiger partial charge in [0.15, 0.2) is 0 Å². The van der Waals surface area contributed by atoms with Crippen molar-refractivity contribution in [2.24, 2.45) is 0 Å². The number of fused-ring (bicyclic) bond motifs is 1. The molecular formula is C25H30N6O2. The van der Waals surface area contributed by atoms with Crippen molar-refractivity contribution in [3.05, 3.63) is 77.5 Å². The molecule has 3 heterocycles. The first-order valence-electron chi connectivity index (χ1n) is 11.4. The van der Waals surface area contributed by atoms with E-state index in [4.69, 9.17) is 9.84 Å². The number of ether oxygens (including phenoxy) is 1. The third kappa shape index (κ3) is 4.25. The van der Waals surface area contributed by atoms with Crippen LogP contribution in [0.1, 0.15) is 29.2 Å². The summed E-state index contributed by atoms with van der Waals surface area (Å²) in [7, 11) is 1.70. The Morgan fingerprint density at radius 1 is 1.12 bits per heavy atom. The summed E-state index contributed by atoms with van der Waals surface area (Å²) in [5.41, 5.74) is 3.66. The number of hydrogen-bond donors (Lipinski definition) is 4. The van der Waals surface area contributed by atoms with Gasteiger partial charge in [-0.25, -0.2) is 9.48 Å². The Kier molecular flexibility index (Phi) is 6.13. The minimum atomic E-state index is -0.458. The van der Waals surface area contributed by atoms with E-state index in [2.05, 4.69) is 33.4 Å². The Morgan fingerprint density at radius 3 is 2.64 bits per heavy atom. The van der Waals surface area contributed by atoms with Crippen molar-refractivity contribution in [1.82, 2.24) is 25.7 Å². The van der Waals surface area contributed by atoms with E-state index in [1.54, 1.807) is 7.11 Å². The van der Waals surface area contributed by atoms with Crippen molar-refractivity contribution in [3.63, 3.8) is 0 Å². The normalized spacial score (nSPS) is 21.7. The van der Waals surface area contributed by atoms with Crippen LogP contribution >= 0.6 is 0 Å². The first kappa shape index (κ1) is 21.6. The Bertz CT molecular complexity index is 1100. The summed E-state index contributed by atoms with van der Waals surface area (Å²) >= 11 is 0. The van der Waals surface area contributed by atoms with Gasteiger partial charge in [0.05, 0.1) is 16.9 Å². The molecule has 1 aromatic heterocycles. The highest BCUT2D eigenvalue weighted by molar-refractivity contribution is 5.90. The molecule has 0 radical (unpaired) electrons. The molecule has 2 amide bonds. The molecule has 8 heteroatoms. The lowest BCUT2D eigenvalue weighted by atomic mass is 9.79. The molecule has 2 atom stereocenters. The van der Waals surface area contributed by atoms with Gasteiger partial charge in [-0.2, -0.15) is 5.10 Å². The maximum Gasteiger partial charge on any atom is 0.320 e. The number of urea groups is 1. The SMILES string of the molecule is COCC[C@@]1(NC(=O)Nc2c3c(nn2-c2ccccc2)CNC3)CNC[C@H]1c1ccccc1. The molecular weight excluding hydrogens is 416 g/mol. The summed E-state index contributed by atoms with van der Waals surface area (Å²) in [6.45, 7) is 3.42. The fourth-order valence-corrected chi connectivity index (χ4v) is 5.00. The molecule has 2 aliphatic rings. The first-order chi connectivity index (χ1) is 16.2. The lowest BCUT2D eigenvalue weighted by Gasteiger charge is -2.36. The molecule has 0 spiro atoms. The quantitative estimate of drug-likeness (QED) is 0.448. The topological polar surface area (TPSA) is 92.2 Å². The molecule has 33 heavy (non-hydrogen) atoms. The number of nitrogens with one attached hydrogen (secondary N) is 4. The van der Waals surface area contributed by atoms with Gasteiger partial charge in [-0.3, -0.25) is 5.32 Å². The van der Waals surface area contributed by atoms with Crippen molar-refractivity contribution in [2.45, 2.75) is 31.0 Å². The zero-order chi connectivity index (χ0) is 22.7. The van der Waals surface area contributed by atoms with Crippen LogP contribution in [-0.2, 0) is 17.8 Å². The number of para-hydroxylation sites is 1. The second-order valence-electron chi connectivity index (χ2n) is 8.70. The van der Waals surface area contributed by atoms with Gasteiger partial charge < -0.3 is 20.7 Å². The molecule has 0 aliphatic carbocycles. The Morgan fingerprint density at radius 2 is 1.88 bits per heavy atom. The van der Waals surface area contributed by atoms with Crippen LogP contribution in [0.15, 0.2) is 60.7 Å². The molecule has 1 fully saturated rings. The van der Waals surface area contributed by atoms with Crippen LogP contribution in [0.25, 0.3) is 5.69 Å². The number of anilines is 1. The Labute approximate surface area is 193 Å². The summed E-state index contributed by atoms with van der Waals surface area (Å²) in [4.78, 5) is 13.4. The standard InChI is InChI=1S/C25H30N6O2/c1-33-13-12-25(17-27-15-21(25)18-8-4-2-5-9-18)29-24(32)28-23-20-14-26-16-22(20)30-31(23)19-10-6-3-7-11-19/h2-11,21,26-27H,12-17H2,1H3,(H2,28,29,32)/t21-,25+/m0/s1. The number of carbonyl (C=O) groups excluding carboxylic acids is 1. The average Bonchev–Trinajstić information content (AvgIpc) is 3.55. The highest BCUT2D eigenvalue weighted by Gasteiger charge is 2.44. The molecule has 2 aromatic carbocycles. The van der Waals surface area contributed by atoms with Crippen LogP contribution in [0, 0.1) is 0 Å². The molecule has 4 N–H and O–H groups in total. The van der Waals surface area contributed by atoms with Crippen molar-refractivity contribution < 1.29 is 9.53 Å². The number of methoxy groups -OCH3 is 1. The Balaban J connectivity index is 1.43. The molecule has 0 unspecified atom stereocenters. The van der Waals surface area contributed by atoms with Crippen LogP contribution in [0.5, 0.6) is 0 Å². The second-order valence-corrected chi connectivity index (χ2v) is 8.70. The maximum absolute atomic E-state index is 13.4. The van der Waals surface area contributed by atoms with E-state index >= 15 is 0 Å².